The summed E-state index contributed by atoms with van der Waals surface area (Å²) < 4.78 is 30.0. The van der Waals surface area contributed by atoms with Crippen molar-refractivity contribution in [3.05, 3.63) is 47.0 Å². The Hall–Kier alpha value is 0.993. The predicted molar refractivity (Wildman–Crippen MR) is 181 cm³/mol. The molecule has 2 radical (unpaired) electrons. The first-order valence-electron chi connectivity index (χ1n) is 16.3. The summed E-state index contributed by atoms with van der Waals surface area (Å²) in [6.07, 6.45) is -5.51. The van der Waals surface area contributed by atoms with Crippen LogP contribution in [0.25, 0.3) is 0 Å². The second-order valence-corrected chi connectivity index (χ2v) is 16.0. The van der Waals surface area contributed by atoms with Crippen molar-refractivity contribution in [3.8, 4) is 0 Å². The summed E-state index contributed by atoms with van der Waals surface area (Å²) in [5.41, 5.74) is -8.13. The largest absolute Gasteiger partial charge is 0.456 e. The smallest absolute Gasteiger partial charge is 0.338 e. The molecule has 272 valence electrons. The Labute approximate surface area is 372 Å². The Bertz CT molecular complexity index is 1480. The fourth-order valence-corrected chi connectivity index (χ4v) is 9.61. The molecule has 0 spiro atoms. The molecule has 3 aliphatic carbocycles. The quantitative estimate of drug-likeness (QED) is 0.143. The van der Waals surface area contributed by atoms with E-state index in [2.05, 4.69) is 9.47 Å². The first-order valence-corrected chi connectivity index (χ1v) is 18.2. The normalized spacial score (nSPS) is 37.8. The van der Waals surface area contributed by atoms with Gasteiger partial charge in [-0.25, -0.2) is 9.59 Å². The van der Waals surface area contributed by atoms with Crippen LogP contribution in [0.1, 0.15) is 71.7 Å². The Balaban J connectivity index is 0.00000338. The number of Topliss-reactive ketones (excluding diaryl/α,β-unsaturated/α-hetero) is 1. The summed E-state index contributed by atoms with van der Waals surface area (Å²) in [5.74, 6) is -2.21. The van der Waals surface area contributed by atoms with Crippen molar-refractivity contribution in [3.63, 3.8) is 0 Å². The Morgan fingerprint density at radius 2 is 1.68 bits per heavy atom. The van der Waals surface area contributed by atoms with Crippen molar-refractivity contribution in [2.24, 2.45) is 22.2 Å². The number of hydrogen-bond acceptors (Lipinski definition) is 12. The average Bonchev–Trinajstić information content (AvgIpc) is 3.03. The van der Waals surface area contributed by atoms with Gasteiger partial charge < -0.3 is 38.8 Å². The van der Waals surface area contributed by atoms with Gasteiger partial charge in [-0.1, -0.05) is 52.8 Å². The minimum Gasteiger partial charge on any atom is -0.456 e. The zero-order valence-electron chi connectivity index (χ0n) is 30.0. The number of thioether (sulfide) groups is 1. The van der Waals surface area contributed by atoms with Crippen molar-refractivity contribution >= 4 is 39.0 Å². The van der Waals surface area contributed by atoms with E-state index in [9.17, 15) is 24.9 Å². The van der Waals surface area contributed by atoms with Crippen LogP contribution >= 0.6 is 21.2 Å². The number of aliphatic hydroxyl groups is 3. The maximum absolute atomic E-state index is 15.1. The van der Waals surface area contributed by atoms with Crippen LogP contribution in [0.4, 0.5) is 0 Å². The molecule has 1 aromatic carbocycles. The van der Waals surface area contributed by atoms with Gasteiger partial charge in [-0.05, 0) is 49.3 Å². The second kappa shape index (κ2) is 16.6. The van der Waals surface area contributed by atoms with Gasteiger partial charge in [0.05, 0.1) is 41.1 Å². The molecule has 2 saturated carbocycles. The molecule has 3 N–H and O–H groups in total. The number of ether oxygens (including phenoxy) is 4. The molecular weight excluding hydrogens is 1110 g/mol. The van der Waals surface area contributed by atoms with E-state index in [-0.39, 0.29) is 131 Å². The van der Waals surface area contributed by atoms with E-state index in [1.807, 2.05) is 6.26 Å². The van der Waals surface area contributed by atoms with Crippen LogP contribution in [0.2, 0.25) is 0 Å². The van der Waals surface area contributed by atoms with Crippen molar-refractivity contribution < 1.29 is 141 Å². The second-order valence-electron chi connectivity index (χ2n) is 14.9. The number of fused-ring (bicyclic) bond motifs is 5. The molecule has 5 rings (SSSR count). The zero-order valence-corrected chi connectivity index (χ0v) is 41.5. The average molecular weight is 1160 g/mol. The van der Waals surface area contributed by atoms with Crippen LogP contribution in [0.3, 0.4) is 0 Å². The van der Waals surface area contributed by atoms with Crippen LogP contribution < -0.4 is 0 Å². The van der Waals surface area contributed by atoms with Crippen LogP contribution in [0.15, 0.2) is 41.5 Å². The molecule has 50 heavy (non-hydrogen) atoms. The van der Waals surface area contributed by atoms with E-state index in [0.717, 1.165) is 0 Å². The summed E-state index contributed by atoms with van der Waals surface area (Å²) in [5, 5.41) is 38.2. The molecule has 1 aliphatic heterocycles. The van der Waals surface area contributed by atoms with Crippen molar-refractivity contribution in [1.29, 1.82) is 0 Å². The van der Waals surface area contributed by atoms with Gasteiger partial charge in [0.2, 0.25) is 0 Å². The van der Waals surface area contributed by atoms with E-state index in [1.54, 1.807) is 78.8 Å². The van der Waals surface area contributed by atoms with Crippen LogP contribution in [-0.4, -0.2) is 99.7 Å². The Morgan fingerprint density at radius 3 is 2.20 bits per heavy atom. The number of rotatable bonds is 9. The van der Waals surface area contributed by atoms with Crippen molar-refractivity contribution in [2.75, 3.05) is 18.8 Å². The predicted octanol–water partition coefficient (Wildman–Crippen LogP) is 3.63. The van der Waals surface area contributed by atoms with Crippen LogP contribution in [-0.2, 0) is 33.1 Å². The van der Waals surface area contributed by atoms with Gasteiger partial charge in [-0.2, -0.15) is 0 Å². The number of benzene rings is 1. The molecule has 4 aliphatic rings. The maximum Gasteiger partial charge on any atom is 0.338 e. The van der Waals surface area contributed by atoms with Gasteiger partial charge >= 0.3 is 11.9 Å². The van der Waals surface area contributed by atoms with Gasteiger partial charge in [-0.3, -0.25) is 4.79 Å². The van der Waals surface area contributed by atoms with Gasteiger partial charge in [0.25, 0.3) is 0 Å². The molecule has 1 saturated heterocycles. The van der Waals surface area contributed by atoms with Gasteiger partial charge in [0.1, 0.15) is 29.5 Å². The molecule has 11 atom stereocenters. The molecule has 11 nitrogen and oxygen atoms in total. The molecular formula is C35H49Ac2O11PS. The zero-order chi connectivity index (χ0) is 35.6. The number of esters is 2. The molecule has 15 heteroatoms. The SMILES string of the molecule is CSCOC1CC2OCC2(O)C2(C)C(OC(=O)c3ccccc3)C3(O)CC(OC(=O)C(OP)C(C)C)C(C)=C(C(O)C(=O)[C@]12C)C3(C)C.[Ac].[Ac]. The van der Waals surface area contributed by atoms with E-state index >= 15 is 4.79 Å². The summed E-state index contributed by atoms with van der Waals surface area (Å²) in [6.45, 7) is 11.6. The number of carbonyl (C=O) groups is 3. The summed E-state index contributed by atoms with van der Waals surface area (Å²) in [7, 11) is 2.07. The molecule has 1 aromatic rings. The maximum atomic E-state index is 15.1. The topological polar surface area (TPSA) is 158 Å². The number of aliphatic hydroxyl groups excluding tert-OH is 1. The third kappa shape index (κ3) is 6.78. The monoisotopic (exact) mass is 1160 g/mol. The third-order valence-electron chi connectivity index (χ3n) is 12.1. The van der Waals surface area contributed by atoms with Gasteiger partial charge in [0, 0.05) is 116 Å². The first-order chi connectivity index (χ1) is 22.4. The third-order valence-corrected chi connectivity index (χ3v) is 12.8. The number of ketones is 1. The molecule has 0 amide bonds. The number of carbonyl (C=O) groups excluding carboxylic acids is 3. The van der Waals surface area contributed by atoms with Crippen LogP contribution in [0.5, 0.6) is 0 Å². The molecule has 1 heterocycles. The number of hydrogen-bond donors (Lipinski definition) is 3. The Kier molecular flexibility index (Phi) is 15.1. The summed E-state index contributed by atoms with van der Waals surface area (Å²) in [6, 6.07) is 8.24. The van der Waals surface area contributed by atoms with Crippen molar-refractivity contribution in [1.82, 2.24) is 0 Å². The van der Waals surface area contributed by atoms with E-state index in [4.69, 9.17) is 23.5 Å². The van der Waals surface area contributed by atoms with Gasteiger partial charge in [-0.15, -0.1) is 11.8 Å². The minimum absolute atomic E-state index is 0. The Morgan fingerprint density at radius 1 is 1.06 bits per heavy atom. The fourth-order valence-electron chi connectivity index (χ4n) is 8.88. The van der Waals surface area contributed by atoms with E-state index < -0.39 is 81.8 Å². The standard InChI is InChI=1S/C35H49O11PS.2Ac/c1-18(2)26(46-47)29(39)44-21-15-34(40)30(45-28(38)20-12-10-9-11-13-20)33(7)32(6,27(37)25(36)24(19(21)3)31(34,4)5)22(43-17-48-8)14-23-35(33,41)16-42-23;;/h9-13,18,21-23,25-26,30,36,40-41H,14-17,47H2,1-8H3;;/t21?,22?,23?,25?,26?,30?,32-,33?,34?,35?;;/m0../s1. The van der Waals surface area contributed by atoms with Crippen molar-refractivity contribution in [2.45, 2.75) is 109 Å². The first kappa shape index (κ1) is 45.4. The molecule has 3 fully saturated rings. The summed E-state index contributed by atoms with van der Waals surface area (Å²) in [4.78, 5) is 42.6. The van der Waals surface area contributed by atoms with Gasteiger partial charge in [0.15, 0.2) is 11.9 Å². The van der Waals surface area contributed by atoms with E-state index in [0.29, 0.717) is 5.57 Å². The molecule has 2 bridgehead atoms. The molecule has 10 unspecified atom stereocenters. The molecule has 0 aromatic heterocycles. The minimum atomic E-state index is -2.12. The summed E-state index contributed by atoms with van der Waals surface area (Å²) >= 11 is 1.40. The van der Waals surface area contributed by atoms with E-state index in [1.165, 1.54) is 11.8 Å². The fraction of sp³-hybridized carbons (Fsp3) is 0.686. The van der Waals surface area contributed by atoms with Crippen LogP contribution in [0, 0.1) is 110 Å².